The number of halogens is 6. The summed E-state index contributed by atoms with van der Waals surface area (Å²) in [6.07, 6.45) is -4.79. The van der Waals surface area contributed by atoms with Crippen molar-refractivity contribution in [3.05, 3.63) is 68.6 Å². The number of nitrogens with zero attached hydrogens (tertiary/aromatic N) is 8. The van der Waals surface area contributed by atoms with Gasteiger partial charge in [-0.2, -0.15) is 13.2 Å². The van der Waals surface area contributed by atoms with Crippen LogP contribution in [0.15, 0.2) is 35.5 Å². The topological polar surface area (TPSA) is 150 Å². The van der Waals surface area contributed by atoms with E-state index in [2.05, 4.69) is 25.3 Å². The summed E-state index contributed by atoms with van der Waals surface area (Å²) in [6, 6.07) is 2.47. The first kappa shape index (κ1) is 36.2. The second-order valence-corrected chi connectivity index (χ2v) is 11.8. The summed E-state index contributed by atoms with van der Waals surface area (Å²) < 4.78 is 67.2. The van der Waals surface area contributed by atoms with Crippen molar-refractivity contribution in [2.24, 2.45) is 0 Å². The van der Waals surface area contributed by atoms with E-state index >= 15 is 0 Å². The van der Waals surface area contributed by atoms with Crippen LogP contribution in [0.5, 0.6) is 5.75 Å². The summed E-state index contributed by atoms with van der Waals surface area (Å²) in [6.45, 7) is 2.64. The Bertz CT molecular complexity index is 2000. The van der Waals surface area contributed by atoms with Gasteiger partial charge in [-0.15, -0.1) is 0 Å². The Morgan fingerprint density at radius 2 is 1.82 bits per heavy atom. The number of carbonyl (C=O) groups excluding carboxylic acids is 2. The number of nitrogens with one attached hydrogen (secondary N) is 1. The SMILES string of the molecule is CCc1c(N2CCN(C(=O)c3ncnc(C)c3O)CC2)c(=O)c2nc(N(C)CC(F)F)cnc2n1CC(=O)Nc1ccc(C(F)(F)F)cc1Cl. The minimum atomic E-state index is -4.65. The Balaban J connectivity index is 1.52. The Kier molecular flexibility index (Phi) is 10.4. The molecule has 13 nitrogen and oxygen atoms in total. The second-order valence-electron chi connectivity index (χ2n) is 11.4. The third kappa shape index (κ3) is 7.39. The fraction of sp³-hybridized carbons (Fsp3) is 0.387. The summed E-state index contributed by atoms with van der Waals surface area (Å²) in [5.41, 5.74) is -1.32. The van der Waals surface area contributed by atoms with Crippen LogP contribution < -0.4 is 20.5 Å². The van der Waals surface area contributed by atoms with E-state index in [-0.39, 0.29) is 83.1 Å². The molecule has 50 heavy (non-hydrogen) atoms. The monoisotopic (exact) mass is 723 g/mol. The first-order valence-corrected chi connectivity index (χ1v) is 15.6. The van der Waals surface area contributed by atoms with Crippen LogP contribution in [0.2, 0.25) is 5.02 Å². The average molecular weight is 724 g/mol. The van der Waals surface area contributed by atoms with Gasteiger partial charge in [0, 0.05) is 38.9 Å². The highest BCUT2D eigenvalue weighted by Gasteiger charge is 2.32. The molecular weight excluding hydrogens is 693 g/mol. The van der Waals surface area contributed by atoms with Gasteiger partial charge >= 0.3 is 6.18 Å². The molecule has 0 spiro atoms. The van der Waals surface area contributed by atoms with Crippen LogP contribution in [0, 0.1) is 6.92 Å². The van der Waals surface area contributed by atoms with E-state index in [9.17, 15) is 41.4 Å². The number of carbonyl (C=O) groups is 2. The van der Waals surface area contributed by atoms with E-state index in [4.69, 9.17) is 11.6 Å². The number of hydrogen-bond donors (Lipinski definition) is 2. The number of pyridine rings is 1. The summed E-state index contributed by atoms with van der Waals surface area (Å²) in [5, 5.41) is 12.5. The van der Waals surface area contributed by atoms with Gasteiger partial charge in [-0.1, -0.05) is 18.5 Å². The zero-order valence-corrected chi connectivity index (χ0v) is 27.7. The molecule has 0 unspecified atom stereocenters. The number of anilines is 3. The quantitative estimate of drug-likeness (QED) is 0.242. The van der Waals surface area contributed by atoms with Crippen LogP contribution >= 0.6 is 11.6 Å². The standard InChI is InChI=1S/C31H31ClF5N9O4/c1-4-20-26(44-7-9-45(10-8-44)30(50)25-27(48)16(2)39-15-40-25)28(49)24-29(38-12-22(42-24)43(3)13-21(33)34)46(20)14-23(47)41-19-6-5-17(11-18(19)32)31(35,36)37/h5-6,11-12,15,21,48H,4,7-10,13-14H2,1-3H3,(H,41,47). The van der Waals surface area contributed by atoms with Crippen LogP contribution in [-0.2, 0) is 23.9 Å². The van der Waals surface area contributed by atoms with Crippen molar-refractivity contribution in [2.75, 3.05) is 54.9 Å². The normalized spacial score (nSPS) is 13.6. The lowest BCUT2D eigenvalue weighted by molar-refractivity contribution is -0.137. The van der Waals surface area contributed by atoms with Crippen molar-refractivity contribution in [3.8, 4) is 5.75 Å². The van der Waals surface area contributed by atoms with E-state index in [0.717, 1.165) is 17.0 Å². The van der Waals surface area contributed by atoms with Crippen molar-refractivity contribution in [1.29, 1.82) is 0 Å². The zero-order chi connectivity index (χ0) is 36.5. The van der Waals surface area contributed by atoms with Gasteiger partial charge in [0.2, 0.25) is 11.3 Å². The Morgan fingerprint density at radius 1 is 1.12 bits per heavy atom. The number of benzene rings is 1. The largest absolute Gasteiger partial charge is 0.504 e. The summed E-state index contributed by atoms with van der Waals surface area (Å²) >= 11 is 6.06. The highest BCUT2D eigenvalue weighted by molar-refractivity contribution is 6.33. The predicted molar refractivity (Wildman–Crippen MR) is 174 cm³/mol. The molecule has 0 atom stereocenters. The number of aromatic hydroxyl groups is 1. The molecule has 266 valence electrons. The first-order valence-electron chi connectivity index (χ1n) is 15.2. The summed E-state index contributed by atoms with van der Waals surface area (Å²) in [5.74, 6) is -1.61. The highest BCUT2D eigenvalue weighted by Crippen LogP contribution is 2.34. The smallest absolute Gasteiger partial charge is 0.416 e. The van der Waals surface area contributed by atoms with E-state index in [0.29, 0.717) is 11.8 Å². The molecule has 4 heterocycles. The molecule has 0 bridgehead atoms. The molecule has 2 amide bonds. The molecule has 1 aliphatic rings. The van der Waals surface area contributed by atoms with Gasteiger partial charge < -0.3 is 29.7 Å². The van der Waals surface area contributed by atoms with Gasteiger partial charge in [0.05, 0.1) is 34.7 Å². The van der Waals surface area contributed by atoms with Crippen LogP contribution in [0.3, 0.4) is 0 Å². The van der Waals surface area contributed by atoms with Crippen molar-refractivity contribution in [3.63, 3.8) is 0 Å². The lowest BCUT2D eigenvalue weighted by Crippen LogP contribution is -2.50. The molecule has 5 rings (SSSR count). The second kappa shape index (κ2) is 14.4. The minimum Gasteiger partial charge on any atom is -0.504 e. The number of amides is 2. The number of aromatic nitrogens is 5. The van der Waals surface area contributed by atoms with Gasteiger partial charge in [-0.05, 0) is 31.5 Å². The lowest BCUT2D eigenvalue weighted by atomic mass is 10.1. The van der Waals surface area contributed by atoms with E-state index in [1.54, 1.807) is 11.8 Å². The zero-order valence-electron chi connectivity index (χ0n) is 26.9. The Morgan fingerprint density at radius 3 is 2.44 bits per heavy atom. The maximum absolute atomic E-state index is 14.1. The first-order chi connectivity index (χ1) is 23.6. The number of alkyl halides is 5. The molecule has 0 saturated carbocycles. The molecule has 19 heteroatoms. The van der Waals surface area contributed by atoms with Crippen molar-refractivity contribution in [2.45, 2.75) is 39.4 Å². The number of rotatable bonds is 9. The van der Waals surface area contributed by atoms with Crippen LogP contribution in [-0.4, -0.2) is 92.5 Å². The molecule has 1 aliphatic heterocycles. The number of fused-ring (bicyclic) bond motifs is 1. The molecule has 1 aromatic carbocycles. The molecule has 1 fully saturated rings. The fourth-order valence-corrected chi connectivity index (χ4v) is 5.82. The van der Waals surface area contributed by atoms with E-state index in [1.807, 2.05) is 0 Å². The molecule has 2 N–H and O–H groups in total. The maximum Gasteiger partial charge on any atom is 0.416 e. The molecular formula is C31H31ClF5N9O4. The molecule has 0 aliphatic carbocycles. The molecule has 3 aromatic heterocycles. The van der Waals surface area contributed by atoms with E-state index < -0.39 is 48.5 Å². The number of piperazine rings is 1. The van der Waals surface area contributed by atoms with Crippen molar-refractivity contribution < 1.29 is 36.6 Å². The van der Waals surface area contributed by atoms with Crippen LogP contribution in [0.1, 0.15) is 34.4 Å². The molecule has 1 saturated heterocycles. The van der Waals surface area contributed by atoms with Gasteiger partial charge in [0.1, 0.15) is 24.4 Å². The molecule has 4 aromatic rings. The maximum atomic E-state index is 14.1. The third-order valence-electron chi connectivity index (χ3n) is 8.13. The van der Waals surface area contributed by atoms with Gasteiger partial charge in [0.15, 0.2) is 22.6 Å². The van der Waals surface area contributed by atoms with E-state index in [1.165, 1.54) is 36.0 Å². The van der Waals surface area contributed by atoms with Gasteiger partial charge in [0.25, 0.3) is 12.3 Å². The summed E-state index contributed by atoms with van der Waals surface area (Å²) in [4.78, 5) is 61.5. The molecule has 0 radical (unpaired) electrons. The summed E-state index contributed by atoms with van der Waals surface area (Å²) in [7, 11) is 1.36. The minimum absolute atomic E-state index is 0.0204. The van der Waals surface area contributed by atoms with Crippen molar-refractivity contribution >= 4 is 51.8 Å². The Hall–Kier alpha value is -5.13. The fourth-order valence-electron chi connectivity index (χ4n) is 5.59. The average Bonchev–Trinajstić information content (AvgIpc) is 3.06. The van der Waals surface area contributed by atoms with Crippen LogP contribution in [0.4, 0.5) is 39.1 Å². The van der Waals surface area contributed by atoms with Gasteiger partial charge in [-0.25, -0.2) is 28.7 Å². The number of hydrogen-bond acceptors (Lipinski definition) is 10. The third-order valence-corrected chi connectivity index (χ3v) is 8.44. The predicted octanol–water partition coefficient (Wildman–Crippen LogP) is 4.13. The van der Waals surface area contributed by atoms with Crippen molar-refractivity contribution in [1.82, 2.24) is 29.4 Å². The van der Waals surface area contributed by atoms with Gasteiger partial charge in [-0.3, -0.25) is 14.4 Å². The van der Waals surface area contributed by atoms with Crippen LogP contribution in [0.25, 0.3) is 11.2 Å². The Labute approximate surface area is 286 Å². The highest BCUT2D eigenvalue weighted by atomic mass is 35.5. The number of aryl methyl sites for hydroxylation is 1. The lowest BCUT2D eigenvalue weighted by Gasteiger charge is -2.37.